The van der Waals surface area contributed by atoms with E-state index >= 15 is 0 Å². The molecule has 0 aliphatic carbocycles. The maximum absolute atomic E-state index is 13.5. The molecule has 0 spiro atoms. The second-order valence-corrected chi connectivity index (χ2v) is 9.69. The van der Waals surface area contributed by atoms with E-state index in [2.05, 4.69) is 5.32 Å². The van der Waals surface area contributed by atoms with E-state index in [-0.39, 0.29) is 11.8 Å². The number of nitrogens with zero attached hydrogens (tertiary/aromatic N) is 3. The number of rotatable bonds is 5. The van der Waals surface area contributed by atoms with Crippen LogP contribution in [-0.4, -0.2) is 39.0 Å². The van der Waals surface area contributed by atoms with E-state index in [1.807, 2.05) is 54.6 Å². The number of carbonyl (C=O) groups is 2. The van der Waals surface area contributed by atoms with Crippen molar-refractivity contribution in [2.24, 2.45) is 9.98 Å². The molecule has 0 saturated heterocycles. The number of amidine groups is 2. The molecule has 5 rings (SSSR count). The molecule has 8 heteroatoms. The van der Waals surface area contributed by atoms with E-state index in [0.29, 0.717) is 28.1 Å². The van der Waals surface area contributed by atoms with Crippen molar-refractivity contribution in [2.75, 3.05) is 5.32 Å². The number of amides is 2. The molecule has 2 atom stereocenters. The molecule has 2 amide bonds. The summed E-state index contributed by atoms with van der Waals surface area (Å²) in [7, 11) is 0. The Bertz CT molecular complexity index is 1330. The number of carbonyl (C=O) groups excluding carboxylic acids is 2. The third-order valence-corrected chi connectivity index (χ3v) is 6.98. The first-order valence-corrected chi connectivity index (χ1v) is 12.1. The molecule has 0 radical (unpaired) electrons. The van der Waals surface area contributed by atoms with Crippen LogP contribution in [0.15, 0.2) is 88.8 Å². The zero-order valence-corrected chi connectivity index (χ0v) is 19.9. The van der Waals surface area contributed by atoms with Crippen molar-refractivity contribution >= 4 is 57.6 Å². The Labute approximate surface area is 206 Å². The van der Waals surface area contributed by atoms with Crippen molar-refractivity contribution < 1.29 is 9.59 Å². The zero-order chi connectivity index (χ0) is 23.7. The van der Waals surface area contributed by atoms with Gasteiger partial charge in [0.05, 0.1) is 21.6 Å². The fourth-order valence-corrected chi connectivity index (χ4v) is 4.96. The molecule has 2 heterocycles. The van der Waals surface area contributed by atoms with Crippen LogP contribution in [0.5, 0.6) is 0 Å². The van der Waals surface area contributed by atoms with Gasteiger partial charge in [-0.05, 0) is 36.8 Å². The molecule has 34 heavy (non-hydrogen) atoms. The molecule has 0 saturated carbocycles. The first-order chi connectivity index (χ1) is 16.5. The number of fused-ring (bicyclic) bond motifs is 3. The van der Waals surface area contributed by atoms with Gasteiger partial charge in [-0.3, -0.25) is 14.6 Å². The lowest BCUT2D eigenvalue weighted by Crippen LogP contribution is -2.42. The molecule has 2 aliphatic rings. The average Bonchev–Trinajstić information content (AvgIpc) is 3.17. The lowest BCUT2D eigenvalue weighted by atomic mass is 10.1. The standard InChI is InChI=1S/C26H21ClN4O2S/c1-16(24(32)29-21-14-8-6-12-19(21)27)34-26-30-20-13-7-5-11-18(20)23-28-22(25(33)31(23)26)15-17-9-3-2-4-10-17/h2-14,16,22H,15H2,1H3,(H,29,32)/t16-,22-/m1/s1. The number of nitrogens with one attached hydrogen (secondary N) is 1. The lowest BCUT2D eigenvalue weighted by molar-refractivity contribution is -0.124. The number of thioether (sulfide) groups is 1. The van der Waals surface area contributed by atoms with E-state index in [1.54, 1.807) is 36.1 Å². The van der Waals surface area contributed by atoms with Gasteiger partial charge in [0.25, 0.3) is 5.91 Å². The molecule has 3 aromatic rings. The van der Waals surface area contributed by atoms with Gasteiger partial charge in [-0.15, -0.1) is 0 Å². The van der Waals surface area contributed by atoms with Gasteiger partial charge < -0.3 is 5.32 Å². The Morgan fingerprint density at radius 2 is 1.76 bits per heavy atom. The fourth-order valence-electron chi connectivity index (χ4n) is 3.86. The molecule has 3 aromatic carbocycles. The Morgan fingerprint density at radius 1 is 1.06 bits per heavy atom. The minimum Gasteiger partial charge on any atom is -0.324 e. The summed E-state index contributed by atoms with van der Waals surface area (Å²) >= 11 is 7.41. The predicted octanol–water partition coefficient (Wildman–Crippen LogP) is 5.30. The summed E-state index contributed by atoms with van der Waals surface area (Å²) in [5, 5.41) is 3.23. The highest BCUT2D eigenvalue weighted by molar-refractivity contribution is 8.15. The van der Waals surface area contributed by atoms with Crippen molar-refractivity contribution in [3.05, 3.63) is 95.0 Å². The molecule has 170 valence electrons. The van der Waals surface area contributed by atoms with Crippen molar-refractivity contribution in [1.29, 1.82) is 0 Å². The summed E-state index contributed by atoms with van der Waals surface area (Å²) in [4.78, 5) is 37.4. The monoisotopic (exact) mass is 488 g/mol. The highest BCUT2D eigenvalue weighted by Crippen LogP contribution is 2.35. The SMILES string of the molecule is C[C@@H](SC1=Nc2ccccc2C2=N[C@H](Cc3ccccc3)C(=O)N12)C(=O)Nc1ccccc1Cl. The first-order valence-electron chi connectivity index (χ1n) is 10.9. The normalized spacial score (nSPS) is 17.4. The van der Waals surface area contributed by atoms with E-state index < -0.39 is 11.3 Å². The van der Waals surface area contributed by atoms with Gasteiger partial charge in [0.2, 0.25) is 5.91 Å². The molecule has 0 bridgehead atoms. The van der Waals surface area contributed by atoms with Crippen molar-refractivity contribution in [1.82, 2.24) is 4.90 Å². The van der Waals surface area contributed by atoms with Crippen LogP contribution in [0.3, 0.4) is 0 Å². The smallest absolute Gasteiger partial charge is 0.259 e. The van der Waals surface area contributed by atoms with Gasteiger partial charge in [-0.1, -0.05) is 78.0 Å². The number of para-hydroxylation sites is 2. The Kier molecular flexibility index (Phi) is 6.22. The van der Waals surface area contributed by atoms with Crippen LogP contribution in [0.25, 0.3) is 0 Å². The van der Waals surface area contributed by atoms with Gasteiger partial charge in [0.15, 0.2) is 5.17 Å². The van der Waals surface area contributed by atoms with Gasteiger partial charge in [-0.2, -0.15) is 0 Å². The number of benzene rings is 3. The van der Waals surface area contributed by atoms with Crippen LogP contribution in [0, 0.1) is 0 Å². The van der Waals surface area contributed by atoms with E-state index in [4.69, 9.17) is 21.6 Å². The van der Waals surface area contributed by atoms with E-state index in [1.165, 1.54) is 11.8 Å². The van der Waals surface area contributed by atoms with Crippen LogP contribution in [0.1, 0.15) is 18.1 Å². The summed E-state index contributed by atoms with van der Waals surface area (Å²) in [6, 6.07) is 24.0. The highest BCUT2D eigenvalue weighted by atomic mass is 35.5. The van der Waals surface area contributed by atoms with Gasteiger partial charge in [0, 0.05) is 12.0 Å². The minimum atomic E-state index is -0.540. The first kappa shape index (κ1) is 22.4. The van der Waals surface area contributed by atoms with Gasteiger partial charge in [-0.25, -0.2) is 9.89 Å². The Balaban J connectivity index is 1.41. The largest absolute Gasteiger partial charge is 0.324 e. The third-order valence-electron chi connectivity index (χ3n) is 5.60. The summed E-state index contributed by atoms with van der Waals surface area (Å²) < 4.78 is 0. The van der Waals surface area contributed by atoms with Crippen molar-refractivity contribution in [2.45, 2.75) is 24.6 Å². The lowest BCUT2D eigenvalue weighted by Gasteiger charge is -2.27. The molecule has 0 unspecified atom stereocenters. The molecule has 6 nitrogen and oxygen atoms in total. The van der Waals surface area contributed by atoms with Crippen LogP contribution in [0.2, 0.25) is 5.02 Å². The fraction of sp³-hybridized carbons (Fsp3) is 0.154. The van der Waals surface area contributed by atoms with Gasteiger partial charge >= 0.3 is 0 Å². The summed E-state index contributed by atoms with van der Waals surface area (Å²) in [6.07, 6.45) is 0.502. The molecule has 2 aliphatic heterocycles. The maximum Gasteiger partial charge on any atom is 0.259 e. The quantitative estimate of drug-likeness (QED) is 0.529. The van der Waals surface area contributed by atoms with Crippen LogP contribution >= 0.6 is 23.4 Å². The summed E-state index contributed by atoms with van der Waals surface area (Å²) in [5.41, 5.74) is 3.12. The van der Waals surface area contributed by atoms with Crippen LogP contribution in [-0.2, 0) is 16.0 Å². The topological polar surface area (TPSA) is 74.1 Å². The number of halogens is 1. The van der Waals surface area contributed by atoms with Crippen molar-refractivity contribution in [3.8, 4) is 0 Å². The molecule has 1 N–H and O–H groups in total. The van der Waals surface area contributed by atoms with Gasteiger partial charge in [0.1, 0.15) is 11.9 Å². The highest BCUT2D eigenvalue weighted by Gasteiger charge is 2.42. The van der Waals surface area contributed by atoms with E-state index in [0.717, 1.165) is 16.8 Å². The second-order valence-electron chi connectivity index (χ2n) is 7.97. The van der Waals surface area contributed by atoms with Crippen LogP contribution in [0.4, 0.5) is 11.4 Å². The second kappa shape index (κ2) is 9.44. The predicted molar refractivity (Wildman–Crippen MR) is 138 cm³/mol. The maximum atomic E-state index is 13.5. The Hall–Kier alpha value is -3.42. The number of anilines is 1. The zero-order valence-electron chi connectivity index (χ0n) is 18.3. The molecular formula is C26H21ClN4O2S. The summed E-state index contributed by atoms with van der Waals surface area (Å²) in [6.45, 7) is 1.78. The number of hydrogen-bond donors (Lipinski definition) is 1. The molecule has 0 aromatic heterocycles. The molecule has 0 fully saturated rings. The summed E-state index contributed by atoms with van der Waals surface area (Å²) in [5.74, 6) is 0.210. The average molecular weight is 489 g/mol. The third kappa shape index (κ3) is 4.36. The van der Waals surface area contributed by atoms with Crippen LogP contribution < -0.4 is 5.32 Å². The number of aliphatic imine (C=N–C) groups is 2. The minimum absolute atomic E-state index is 0.140. The number of hydrogen-bond acceptors (Lipinski definition) is 5. The van der Waals surface area contributed by atoms with E-state index in [9.17, 15) is 9.59 Å². The van der Waals surface area contributed by atoms with Crippen molar-refractivity contribution in [3.63, 3.8) is 0 Å². The Morgan fingerprint density at radius 3 is 2.56 bits per heavy atom. The molecular weight excluding hydrogens is 468 g/mol.